The van der Waals surface area contributed by atoms with Crippen molar-refractivity contribution in [2.75, 3.05) is 11.9 Å². The van der Waals surface area contributed by atoms with Crippen molar-refractivity contribution in [1.82, 2.24) is 10.3 Å². The highest BCUT2D eigenvalue weighted by Crippen LogP contribution is 2.26. The zero-order valence-corrected chi connectivity index (χ0v) is 16.7. The van der Waals surface area contributed by atoms with Crippen molar-refractivity contribution >= 4 is 22.6 Å². The molecule has 9 heteroatoms. The van der Waals surface area contributed by atoms with Gasteiger partial charge in [0, 0.05) is 29.9 Å². The molecule has 1 aliphatic heterocycles. The van der Waals surface area contributed by atoms with Crippen molar-refractivity contribution in [3.05, 3.63) is 70.7 Å². The lowest BCUT2D eigenvalue weighted by Crippen LogP contribution is -2.25. The molecule has 2 heterocycles. The summed E-state index contributed by atoms with van der Waals surface area (Å²) < 4.78 is 45.8. The second-order valence-corrected chi connectivity index (χ2v) is 7.09. The first kappa shape index (κ1) is 22.5. The highest BCUT2D eigenvalue weighted by Gasteiger charge is 2.38. The average Bonchev–Trinajstić information content (AvgIpc) is 2.72. The second-order valence-electron chi connectivity index (χ2n) is 7.09. The Bertz CT molecular complexity index is 1100. The van der Waals surface area contributed by atoms with Crippen molar-refractivity contribution in [2.45, 2.75) is 32.6 Å². The summed E-state index contributed by atoms with van der Waals surface area (Å²) in [6, 6.07) is 13.6. The Balaban J connectivity index is 0.000000339. The SMILES string of the molecule is Cc1cc(NCc2cccc3c2CCNC3)c2cccc(F)c2n1.O=C(O)C(F)(F)F. The smallest absolute Gasteiger partial charge is 0.475 e. The van der Waals surface area contributed by atoms with Gasteiger partial charge in [-0.2, -0.15) is 13.2 Å². The number of aliphatic carboxylic acids is 1. The van der Waals surface area contributed by atoms with E-state index in [1.54, 1.807) is 6.07 Å². The quantitative estimate of drug-likeness (QED) is 0.526. The Morgan fingerprint density at radius 1 is 1.23 bits per heavy atom. The summed E-state index contributed by atoms with van der Waals surface area (Å²) in [6.07, 6.45) is -4.03. The van der Waals surface area contributed by atoms with E-state index in [-0.39, 0.29) is 5.82 Å². The van der Waals surface area contributed by atoms with Gasteiger partial charge in [0.25, 0.3) is 0 Å². The molecule has 0 saturated carbocycles. The Kier molecular flexibility index (Phi) is 6.74. The van der Waals surface area contributed by atoms with Crippen molar-refractivity contribution < 1.29 is 27.5 Å². The summed E-state index contributed by atoms with van der Waals surface area (Å²) in [4.78, 5) is 13.2. The number of halogens is 4. The van der Waals surface area contributed by atoms with Crippen molar-refractivity contribution in [2.24, 2.45) is 0 Å². The number of carboxylic acid groups (broad SMARTS) is 1. The maximum Gasteiger partial charge on any atom is 0.490 e. The van der Waals surface area contributed by atoms with Crippen LogP contribution in [0.25, 0.3) is 10.9 Å². The fourth-order valence-corrected chi connectivity index (χ4v) is 3.45. The van der Waals surface area contributed by atoms with E-state index in [2.05, 4.69) is 33.8 Å². The third kappa shape index (κ3) is 5.49. The van der Waals surface area contributed by atoms with Crippen LogP contribution in [0, 0.1) is 12.7 Å². The second kappa shape index (κ2) is 9.30. The molecule has 5 nitrogen and oxygen atoms in total. The molecule has 0 unspecified atom stereocenters. The van der Waals surface area contributed by atoms with E-state index in [0.29, 0.717) is 5.52 Å². The zero-order valence-electron chi connectivity index (χ0n) is 16.7. The van der Waals surface area contributed by atoms with E-state index in [1.807, 2.05) is 19.1 Å². The van der Waals surface area contributed by atoms with E-state index >= 15 is 0 Å². The monoisotopic (exact) mass is 435 g/mol. The van der Waals surface area contributed by atoms with E-state index in [9.17, 15) is 17.6 Å². The largest absolute Gasteiger partial charge is 0.490 e. The number of nitrogens with zero attached hydrogens (tertiary/aromatic N) is 1. The summed E-state index contributed by atoms with van der Waals surface area (Å²) in [5.74, 6) is -3.03. The van der Waals surface area contributed by atoms with Gasteiger partial charge in [-0.15, -0.1) is 0 Å². The Morgan fingerprint density at radius 3 is 2.65 bits per heavy atom. The highest BCUT2D eigenvalue weighted by atomic mass is 19.4. The number of anilines is 1. The van der Waals surface area contributed by atoms with Gasteiger partial charge in [0.2, 0.25) is 0 Å². The number of pyridine rings is 1. The van der Waals surface area contributed by atoms with Gasteiger partial charge < -0.3 is 15.7 Å². The lowest BCUT2D eigenvalue weighted by atomic mass is 9.95. The third-order valence-corrected chi connectivity index (χ3v) is 4.87. The molecule has 0 atom stereocenters. The molecule has 3 aromatic rings. The van der Waals surface area contributed by atoms with Gasteiger partial charge in [0.05, 0.1) is 0 Å². The lowest BCUT2D eigenvalue weighted by molar-refractivity contribution is -0.192. The number of aromatic nitrogens is 1. The Labute approximate surface area is 176 Å². The number of alkyl halides is 3. The maximum absolute atomic E-state index is 14.0. The summed E-state index contributed by atoms with van der Waals surface area (Å²) in [6.45, 7) is 4.59. The molecule has 0 bridgehead atoms. The molecule has 0 amide bonds. The van der Waals surface area contributed by atoms with Crippen LogP contribution in [0.5, 0.6) is 0 Å². The highest BCUT2D eigenvalue weighted by molar-refractivity contribution is 5.91. The van der Waals surface area contributed by atoms with Gasteiger partial charge in [0.15, 0.2) is 0 Å². The molecule has 0 spiro atoms. The van der Waals surface area contributed by atoms with Gasteiger partial charge in [-0.25, -0.2) is 14.2 Å². The van der Waals surface area contributed by atoms with Crippen LogP contribution >= 0.6 is 0 Å². The van der Waals surface area contributed by atoms with Crippen LogP contribution in [0.1, 0.15) is 22.4 Å². The van der Waals surface area contributed by atoms with Crippen molar-refractivity contribution in [1.29, 1.82) is 0 Å². The van der Waals surface area contributed by atoms with E-state index in [1.165, 1.54) is 22.8 Å². The minimum atomic E-state index is -5.08. The molecule has 3 N–H and O–H groups in total. The van der Waals surface area contributed by atoms with Crippen molar-refractivity contribution in [3.8, 4) is 0 Å². The number of benzene rings is 2. The Hall–Kier alpha value is -3.20. The molecule has 2 aromatic carbocycles. The predicted octanol–water partition coefficient (Wildman–Crippen LogP) is 4.57. The van der Waals surface area contributed by atoms with Gasteiger partial charge in [-0.1, -0.05) is 30.3 Å². The van der Waals surface area contributed by atoms with E-state index in [0.717, 1.165) is 42.8 Å². The topological polar surface area (TPSA) is 74.2 Å². The fourth-order valence-electron chi connectivity index (χ4n) is 3.45. The standard InChI is InChI=1S/C20H20FN3.C2HF3O2/c1-13-10-19(17-6-3-7-18(21)20(17)24-13)23-12-15-5-2-4-14-11-22-9-8-16(14)15;3-2(4,5)1(6)7/h2-7,10,22H,8-9,11-12H2,1H3,(H,23,24);(H,6,7). The number of aryl methyl sites for hydroxylation is 1. The van der Waals surface area contributed by atoms with Crippen LogP contribution in [-0.2, 0) is 24.3 Å². The first-order chi connectivity index (χ1) is 14.7. The number of nitrogens with one attached hydrogen (secondary N) is 2. The lowest BCUT2D eigenvalue weighted by Gasteiger charge is -2.21. The number of carboxylic acids is 1. The first-order valence-corrected chi connectivity index (χ1v) is 9.57. The third-order valence-electron chi connectivity index (χ3n) is 4.87. The molecule has 0 aliphatic carbocycles. The number of rotatable bonds is 3. The minimum Gasteiger partial charge on any atom is -0.475 e. The molecule has 164 valence electrons. The molecule has 0 saturated heterocycles. The maximum atomic E-state index is 14.0. The predicted molar refractivity (Wildman–Crippen MR) is 109 cm³/mol. The van der Waals surface area contributed by atoms with Crippen LogP contribution in [-0.4, -0.2) is 28.8 Å². The average molecular weight is 435 g/mol. The summed E-state index contributed by atoms with van der Waals surface area (Å²) >= 11 is 0. The van der Waals surface area contributed by atoms with Crippen LogP contribution in [0.2, 0.25) is 0 Å². The van der Waals surface area contributed by atoms with E-state index < -0.39 is 12.1 Å². The van der Waals surface area contributed by atoms with Crippen LogP contribution < -0.4 is 10.6 Å². The Morgan fingerprint density at radius 2 is 1.94 bits per heavy atom. The van der Waals surface area contributed by atoms with Crippen LogP contribution in [0.3, 0.4) is 0 Å². The van der Waals surface area contributed by atoms with E-state index in [4.69, 9.17) is 9.90 Å². The molecule has 31 heavy (non-hydrogen) atoms. The summed E-state index contributed by atoms with van der Waals surface area (Å²) in [5, 5.41) is 14.9. The number of para-hydroxylation sites is 1. The van der Waals surface area contributed by atoms with Gasteiger partial charge in [-0.3, -0.25) is 0 Å². The summed E-state index contributed by atoms with van der Waals surface area (Å²) in [5.41, 5.74) is 6.30. The fraction of sp³-hybridized carbons (Fsp3) is 0.273. The molecule has 1 aliphatic rings. The van der Waals surface area contributed by atoms with Gasteiger partial charge in [0.1, 0.15) is 11.3 Å². The molecular formula is C22H21F4N3O2. The number of hydrogen-bond acceptors (Lipinski definition) is 4. The summed E-state index contributed by atoms with van der Waals surface area (Å²) in [7, 11) is 0. The van der Waals surface area contributed by atoms with Crippen molar-refractivity contribution in [3.63, 3.8) is 0 Å². The van der Waals surface area contributed by atoms with Crippen LogP contribution in [0.4, 0.5) is 23.2 Å². The number of fused-ring (bicyclic) bond motifs is 2. The first-order valence-electron chi connectivity index (χ1n) is 9.57. The zero-order chi connectivity index (χ0) is 22.6. The number of carbonyl (C=O) groups is 1. The number of hydrogen-bond donors (Lipinski definition) is 3. The molecule has 0 radical (unpaired) electrons. The van der Waals surface area contributed by atoms with Gasteiger partial charge >= 0.3 is 12.1 Å². The molecular weight excluding hydrogens is 414 g/mol. The normalized spacial score (nSPS) is 13.2. The minimum absolute atomic E-state index is 0.276. The molecule has 0 fully saturated rings. The molecule has 1 aromatic heterocycles. The van der Waals surface area contributed by atoms with Crippen LogP contribution in [0.15, 0.2) is 42.5 Å². The van der Waals surface area contributed by atoms with Gasteiger partial charge in [-0.05, 0) is 48.7 Å². The molecule has 4 rings (SSSR count).